The number of esters is 1. The normalized spacial score (nSPS) is 28.8. The van der Waals surface area contributed by atoms with Crippen LogP contribution in [0.1, 0.15) is 162 Å². The third-order valence-electron chi connectivity index (χ3n) is 10.1. The lowest BCUT2D eigenvalue weighted by Gasteiger charge is -2.24. The van der Waals surface area contributed by atoms with Crippen LogP contribution in [0.3, 0.4) is 0 Å². The lowest BCUT2D eigenvalue weighted by molar-refractivity contribution is -0.139. The Bertz CT molecular complexity index is 833. The molecule has 2 fully saturated rings. The summed E-state index contributed by atoms with van der Waals surface area (Å²) in [7, 11) is 0. The second-order valence-corrected chi connectivity index (χ2v) is 14.2. The molecule has 3 heterocycles. The Labute approximate surface area is 273 Å². The predicted molar refractivity (Wildman–Crippen MR) is 177 cm³/mol. The number of carbonyl (C=O) groups is 1. The molecular formula is C37H66O8. The lowest BCUT2D eigenvalue weighted by atomic mass is 9.98. The van der Waals surface area contributed by atoms with Gasteiger partial charge in [-0.2, -0.15) is 0 Å². The minimum Gasteiger partial charge on any atom is -0.455 e. The van der Waals surface area contributed by atoms with E-state index in [9.17, 15) is 25.2 Å². The van der Waals surface area contributed by atoms with Crippen molar-refractivity contribution in [3.8, 4) is 0 Å². The topological polar surface area (TPSA) is 126 Å². The second kappa shape index (κ2) is 21.8. The fourth-order valence-corrected chi connectivity index (χ4v) is 7.32. The number of aliphatic hydroxyl groups is 4. The van der Waals surface area contributed by atoms with Crippen molar-refractivity contribution in [2.75, 3.05) is 0 Å². The van der Waals surface area contributed by atoms with Gasteiger partial charge in [-0.05, 0) is 45.1 Å². The molecule has 45 heavy (non-hydrogen) atoms. The van der Waals surface area contributed by atoms with Gasteiger partial charge in [0.15, 0.2) is 0 Å². The average molecular weight is 639 g/mol. The number of unbranched alkanes of at least 4 members (excludes halogenated alkanes) is 14. The van der Waals surface area contributed by atoms with Crippen LogP contribution in [0.25, 0.3) is 0 Å². The minimum atomic E-state index is -0.680. The largest absolute Gasteiger partial charge is 0.455 e. The number of cyclic esters (lactones) is 1. The number of hydrogen-bond acceptors (Lipinski definition) is 8. The van der Waals surface area contributed by atoms with Gasteiger partial charge in [0.2, 0.25) is 0 Å². The van der Waals surface area contributed by atoms with Crippen molar-refractivity contribution >= 4 is 5.97 Å². The molecule has 0 aliphatic carbocycles. The highest BCUT2D eigenvalue weighted by Crippen LogP contribution is 2.35. The lowest BCUT2D eigenvalue weighted by Crippen LogP contribution is -2.35. The van der Waals surface area contributed by atoms with Crippen LogP contribution in [0.15, 0.2) is 11.6 Å². The fourth-order valence-electron chi connectivity index (χ4n) is 7.32. The van der Waals surface area contributed by atoms with Crippen molar-refractivity contribution in [2.24, 2.45) is 0 Å². The summed E-state index contributed by atoms with van der Waals surface area (Å²) in [6, 6.07) is 0. The van der Waals surface area contributed by atoms with Crippen molar-refractivity contribution in [2.45, 2.75) is 216 Å². The molecule has 8 nitrogen and oxygen atoms in total. The Morgan fingerprint density at radius 2 is 1.29 bits per heavy atom. The Balaban J connectivity index is 1.16. The van der Waals surface area contributed by atoms with E-state index in [4.69, 9.17) is 14.2 Å². The molecule has 0 amide bonds. The molecule has 9 atom stereocenters. The first-order chi connectivity index (χ1) is 21.8. The molecule has 0 saturated carbocycles. The van der Waals surface area contributed by atoms with E-state index in [-0.39, 0.29) is 30.4 Å². The molecule has 3 aliphatic heterocycles. The molecule has 262 valence electrons. The van der Waals surface area contributed by atoms with Crippen LogP contribution in [-0.4, -0.2) is 81.3 Å². The van der Waals surface area contributed by atoms with Gasteiger partial charge in [0.1, 0.15) is 12.2 Å². The van der Waals surface area contributed by atoms with E-state index in [0.717, 1.165) is 77.0 Å². The highest BCUT2D eigenvalue weighted by molar-refractivity contribution is 5.90. The van der Waals surface area contributed by atoms with Gasteiger partial charge in [-0.3, -0.25) is 0 Å². The second-order valence-electron chi connectivity index (χ2n) is 14.2. The average Bonchev–Trinajstić information content (AvgIpc) is 3.73. The maximum Gasteiger partial charge on any atom is 0.334 e. The summed E-state index contributed by atoms with van der Waals surface area (Å²) < 4.78 is 17.4. The zero-order valence-corrected chi connectivity index (χ0v) is 28.5. The first-order valence-corrected chi connectivity index (χ1v) is 18.7. The summed E-state index contributed by atoms with van der Waals surface area (Å²) in [6.45, 7) is 4.07. The number of carbonyl (C=O) groups excluding carboxylic acids is 1. The van der Waals surface area contributed by atoms with Gasteiger partial charge >= 0.3 is 5.97 Å². The van der Waals surface area contributed by atoms with Crippen LogP contribution in [0.2, 0.25) is 0 Å². The molecule has 2 saturated heterocycles. The molecule has 0 aromatic rings. The van der Waals surface area contributed by atoms with E-state index in [0.29, 0.717) is 31.3 Å². The monoisotopic (exact) mass is 638 g/mol. The number of rotatable bonds is 25. The molecule has 0 spiro atoms. The molecule has 0 aromatic carbocycles. The standard InChI is InChI=1S/C37H66O8/c1-3-4-5-6-7-11-14-17-20-30(39)33-22-23-34(44-33)35-26-32(41)36(45-35)31(40)21-18-15-12-9-8-10-13-16-19-29(38)25-28-24-27(2)43-37(28)42/h24,27,29-36,38-41H,3-23,25-26H2,1-2H3/t27-,29+,30+,31+,32+,33+,34-,35+,36-/m0/s1. The summed E-state index contributed by atoms with van der Waals surface area (Å²) in [5, 5.41) is 42.3. The first kappa shape index (κ1) is 38.4. The van der Waals surface area contributed by atoms with Crippen molar-refractivity contribution in [3.63, 3.8) is 0 Å². The van der Waals surface area contributed by atoms with Crippen molar-refractivity contribution < 1.29 is 39.4 Å². The summed E-state index contributed by atoms with van der Waals surface area (Å²) in [4.78, 5) is 11.7. The Hall–Kier alpha value is -1.03. The smallest absolute Gasteiger partial charge is 0.334 e. The van der Waals surface area contributed by atoms with Gasteiger partial charge in [-0.15, -0.1) is 0 Å². The quantitative estimate of drug-likeness (QED) is 0.0634. The van der Waals surface area contributed by atoms with Gasteiger partial charge in [-0.25, -0.2) is 4.79 Å². The summed E-state index contributed by atoms with van der Waals surface area (Å²) in [5.41, 5.74) is 0.602. The molecule has 0 radical (unpaired) electrons. The van der Waals surface area contributed by atoms with E-state index < -0.39 is 30.5 Å². The van der Waals surface area contributed by atoms with Crippen molar-refractivity contribution in [3.05, 3.63) is 11.6 Å². The fraction of sp³-hybridized carbons (Fsp3) is 0.919. The van der Waals surface area contributed by atoms with E-state index in [2.05, 4.69) is 6.92 Å². The van der Waals surface area contributed by atoms with Gasteiger partial charge in [0.05, 0.1) is 42.7 Å². The Morgan fingerprint density at radius 1 is 0.733 bits per heavy atom. The summed E-state index contributed by atoms with van der Waals surface area (Å²) in [5.74, 6) is -0.293. The Morgan fingerprint density at radius 3 is 1.87 bits per heavy atom. The van der Waals surface area contributed by atoms with Crippen molar-refractivity contribution in [1.29, 1.82) is 0 Å². The van der Waals surface area contributed by atoms with Gasteiger partial charge in [-0.1, -0.05) is 110 Å². The molecular weight excluding hydrogens is 572 g/mol. The number of ether oxygens (including phenoxy) is 3. The van der Waals surface area contributed by atoms with Gasteiger partial charge in [0, 0.05) is 18.4 Å². The number of hydrogen-bond donors (Lipinski definition) is 4. The van der Waals surface area contributed by atoms with Gasteiger partial charge < -0.3 is 34.6 Å². The molecule has 3 aliphatic rings. The minimum absolute atomic E-state index is 0.120. The highest BCUT2D eigenvalue weighted by Gasteiger charge is 2.45. The third-order valence-corrected chi connectivity index (χ3v) is 10.1. The maximum absolute atomic E-state index is 11.7. The van der Waals surface area contributed by atoms with Crippen LogP contribution in [0.5, 0.6) is 0 Å². The van der Waals surface area contributed by atoms with Crippen LogP contribution < -0.4 is 0 Å². The predicted octanol–water partition coefficient (Wildman–Crippen LogP) is 6.83. The molecule has 3 rings (SSSR count). The highest BCUT2D eigenvalue weighted by atomic mass is 16.6. The molecule has 4 N–H and O–H groups in total. The number of aliphatic hydroxyl groups excluding tert-OH is 4. The van der Waals surface area contributed by atoms with Gasteiger partial charge in [0.25, 0.3) is 0 Å². The Kier molecular flexibility index (Phi) is 18.6. The van der Waals surface area contributed by atoms with Crippen molar-refractivity contribution in [1.82, 2.24) is 0 Å². The first-order valence-electron chi connectivity index (χ1n) is 18.7. The maximum atomic E-state index is 11.7. The van der Waals surface area contributed by atoms with Crippen LogP contribution in [0.4, 0.5) is 0 Å². The zero-order valence-electron chi connectivity index (χ0n) is 28.5. The van der Waals surface area contributed by atoms with E-state index in [1.54, 1.807) is 6.08 Å². The third kappa shape index (κ3) is 14.3. The zero-order chi connectivity index (χ0) is 32.4. The van der Waals surface area contributed by atoms with E-state index >= 15 is 0 Å². The van der Waals surface area contributed by atoms with E-state index in [1.807, 2.05) is 6.92 Å². The van der Waals surface area contributed by atoms with Crippen LogP contribution in [-0.2, 0) is 19.0 Å². The summed E-state index contributed by atoms with van der Waals surface area (Å²) >= 11 is 0. The summed E-state index contributed by atoms with van der Waals surface area (Å²) in [6.07, 6.45) is 21.5. The molecule has 0 aromatic heterocycles. The molecule has 0 bridgehead atoms. The van der Waals surface area contributed by atoms with Crippen LogP contribution >= 0.6 is 0 Å². The van der Waals surface area contributed by atoms with E-state index in [1.165, 1.54) is 44.9 Å². The SMILES string of the molecule is CCCCCCCCCC[C@@H](O)[C@H]1CC[C@@H]([C@H]2C[C@@H](O)[C@H]([C@H](O)CCCCCCCCCC[C@@H](O)CC3=C[C@H](C)OC3=O)O2)O1. The van der Waals surface area contributed by atoms with Crippen LogP contribution in [0, 0.1) is 0 Å². The molecule has 0 unspecified atom stereocenters. The molecule has 8 heteroatoms.